The van der Waals surface area contributed by atoms with Crippen LogP contribution in [-0.4, -0.2) is 21.6 Å². The van der Waals surface area contributed by atoms with E-state index in [9.17, 15) is 14.4 Å². The molecule has 2 amide bonds. The molecule has 4 rings (SSSR count). The highest BCUT2D eigenvalue weighted by Crippen LogP contribution is 2.23. The Morgan fingerprint density at radius 2 is 1.44 bits per heavy atom. The Bertz CT molecular complexity index is 1350. The van der Waals surface area contributed by atoms with Gasteiger partial charge in [-0.25, -0.2) is 4.68 Å². The van der Waals surface area contributed by atoms with Gasteiger partial charge < -0.3 is 0 Å². The minimum absolute atomic E-state index is 0.0743. The number of nitrogens with one attached hydrogen (secondary N) is 2. The lowest BCUT2D eigenvalue weighted by atomic mass is 9.99. The smallest absolute Gasteiger partial charge is 0.267 e. The van der Waals surface area contributed by atoms with Crippen LogP contribution < -0.4 is 16.4 Å². The Hall–Kier alpha value is -4.26. The zero-order valence-corrected chi connectivity index (χ0v) is 17.5. The number of hydrogen-bond acceptors (Lipinski definition) is 4. The molecule has 0 fully saturated rings. The number of carbonyl (C=O) groups is 2. The van der Waals surface area contributed by atoms with Crippen molar-refractivity contribution in [3.63, 3.8) is 0 Å². The highest BCUT2D eigenvalue weighted by molar-refractivity contribution is 6.07. The van der Waals surface area contributed by atoms with Crippen LogP contribution in [0.2, 0.25) is 0 Å². The first kappa shape index (κ1) is 21.0. The van der Waals surface area contributed by atoms with Gasteiger partial charge in [0.25, 0.3) is 17.4 Å². The minimum Gasteiger partial charge on any atom is -0.267 e. The third kappa shape index (κ3) is 4.13. The molecule has 1 aromatic heterocycles. The fraction of sp³-hybridized carbons (Fsp3) is 0.120. The van der Waals surface area contributed by atoms with Gasteiger partial charge in [0.2, 0.25) is 0 Å². The van der Waals surface area contributed by atoms with Crippen LogP contribution >= 0.6 is 0 Å². The molecule has 0 aliphatic carbocycles. The molecule has 0 radical (unpaired) electrons. The number of benzene rings is 3. The maximum Gasteiger partial charge on any atom is 0.290 e. The standard InChI is InChI=1S/C25H22N4O3/c1-2-16-29-25(32)21-15-9-7-13-19(21)22(28-29)24(31)27-26-23(30)20-14-8-6-12-18(20)17-10-4-3-5-11-17/h3-15H,2,16H2,1H3,(H,26,30)(H,27,31). The van der Waals surface area contributed by atoms with Crippen LogP contribution in [0.3, 0.4) is 0 Å². The third-order valence-electron chi connectivity index (χ3n) is 5.06. The molecule has 0 atom stereocenters. The molecule has 7 heteroatoms. The van der Waals surface area contributed by atoms with E-state index in [1.54, 1.807) is 36.4 Å². The predicted molar refractivity (Wildman–Crippen MR) is 123 cm³/mol. The Balaban J connectivity index is 1.61. The van der Waals surface area contributed by atoms with Crippen LogP contribution in [0, 0.1) is 0 Å². The second-order valence-electron chi connectivity index (χ2n) is 7.24. The van der Waals surface area contributed by atoms with Crippen molar-refractivity contribution < 1.29 is 9.59 Å². The normalized spacial score (nSPS) is 10.7. The molecule has 3 aromatic carbocycles. The first-order valence-electron chi connectivity index (χ1n) is 10.3. The lowest BCUT2D eigenvalue weighted by molar-refractivity contribution is 0.0844. The molecule has 7 nitrogen and oxygen atoms in total. The van der Waals surface area contributed by atoms with Gasteiger partial charge in [-0.2, -0.15) is 5.10 Å². The van der Waals surface area contributed by atoms with E-state index >= 15 is 0 Å². The van der Waals surface area contributed by atoms with Gasteiger partial charge in [-0.05, 0) is 29.7 Å². The Labute approximate surface area is 184 Å². The van der Waals surface area contributed by atoms with Crippen molar-refractivity contribution in [2.24, 2.45) is 0 Å². The van der Waals surface area contributed by atoms with Crippen molar-refractivity contribution in [3.8, 4) is 11.1 Å². The van der Waals surface area contributed by atoms with Gasteiger partial charge in [0, 0.05) is 17.5 Å². The molecule has 2 N–H and O–H groups in total. The summed E-state index contributed by atoms with van der Waals surface area (Å²) in [6.07, 6.45) is 0.694. The second kappa shape index (κ2) is 9.26. The van der Waals surface area contributed by atoms with E-state index in [1.165, 1.54) is 4.68 Å². The maximum absolute atomic E-state index is 12.9. The molecule has 0 saturated carbocycles. The van der Waals surface area contributed by atoms with Gasteiger partial charge in [0.1, 0.15) is 0 Å². The number of carbonyl (C=O) groups excluding carboxylic acids is 2. The van der Waals surface area contributed by atoms with Crippen LogP contribution in [0.1, 0.15) is 34.2 Å². The number of hydrogen-bond donors (Lipinski definition) is 2. The Morgan fingerprint density at radius 1 is 0.812 bits per heavy atom. The van der Waals surface area contributed by atoms with Crippen LogP contribution in [-0.2, 0) is 6.54 Å². The molecular formula is C25H22N4O3. The number of fused-ring (bicyclic) bond motifs is 1. The molecule has 0 spiro atoms. The van der Waals surface area contributed by atoms with Crippen molar-refractivity contribution in [1.29, 1.82) is 0 Å². The van der Waals surface area contributed by atoms with Crippen molar-refractivity contribution in [3.05, 3.63) is 100 Å². The largest absolute Gasteiger partial charge is 0.290 e. The average Bonchev–Trinajstić information content (AvgIpc) is 2.84. The molecule has 32 heavy (non-hydrogen) atoms. The molecule has 0 unspecified atom stereocenters. The zero-order valence-electron chi connectivity index (χ0n) is 17.5. The molecule has 160 valence electrons. The van der Waals surface area contributed by atoms with Gasteiger partial charge in [0.15, 0.2) is 5.69 Å². The van der Waals surface area contributed by atoms with E-state index in [-0.39, 0.29) is 11.3 Å². The highest BCUT2D eigenvalue weighted by Gasteiger charge is 2.18. The summed E-state index contributed by atoms with van der Waals surface area (Å²) < 4.78 is 1.28. The van der Waals surface area contributed by atoms with Crippen LogP contribution in [0.5, 0.6) is 0 Å². The van der Waals surface area contributed by atoms with E-state index in [1.807, 2.05) is 49.4 Å². The first-order chi connectivity index (χ1) is 15.6. The zero-order chi connectivity index (χ0) is 22.5. The number of amides is 2. The number of nitrogens with zero attached hydrogens (tertiary/aromatic N) is 2. The summed E-state index contributed by atoms with van der Waals surface area (Å²) in [6, 6.07) is 23.5. The van der Waals surface area contributed by atoms with E-state index in [2.05, 4.69) is 16.0 Å². The highest BCUT2D eigenvalue weighted by atomic mass is 16.2. The Kier molecular flexibility index (Phi) is 6.07. The SMILES string of the molecule is CCCn1nc(C(=O)NNC(=O)c2ccccc2-c2ccccc2)c2ccccc2c1=O. The van der Waals surface area contributed by atoms with E-state index in [0.29, 0.717) is 29.3 Å². The maximum atomic E-state index is 12.9. The van der Waals surface area contributed by atoms with Gasteiger partial charge in [0.05, 0.1) is 5.39 Å². The van der Waals surface area contributed by atoms with Crippen LogP contribution in [0.15, 0.2) is 83.7 Å². The summed E-state index contributed by atoms with van der Waals surface area (Å²) in [5, 5.41) is 5.08. The van der Waals surface area contributed by atoms with E-state index in [4.69, 9.17) is 0 Å². The van der Waals surface area contributed by atoms with E-state index in [0.717, 1.165) is 11.1 Å². The number of hydrazine groups is 1. The number of aromatic nitrogens is 2. The molecular weight excluding hydrogens is 404 g/mol. The fourth-order valence-electron chi connectivity index (χ4n) is 3.56. The minimum atomic E-state index is -0.600. The van der Waals surface area contributed by atoms with Gasteiger partial charge in [-0.1, -0.05) is 73.7 Å². The summed E-state index contributed by atoms with van der Waals surface area (Å²) in [5.74, 6) is -1.06. The predicted octanol–water partition coefficient (Wildman–Crippen LogP) is 3.55. The number of rotatable bonds is 5. The summed E-state index contributed by atoms with van der Waals surface area (Å²) >= 11 is 0. The molecule has 0 saturated heterocycles. The molecule has 0 bridgehead atoms. The monoisotopic (exact) mass is 426 g/mol. The second-order valence-corrected chi connectivity index (χ2v) is 7.24. The summed E-state index contributed by atoms with van der Waals surface area (Å²) in [4.78, 5) is 38.4. The molecule has 4 aromatic rings. The molecule has 1 heterocycles. The summed E-state index contributed by atoms with van der Waals surface area (Å²) in [6.45, 7) is 2.31. The van der Waals surface area contributed by atoms with Crippen LogP contribution in [0.25, 0.3) is 21.9 Å². The topological polar surface area (TPSA) is 93.1 Å². The first-order valence-corrected chi connectivity index (χ1v) is 10.3. The van der Waals surface area contributed by atoms with E-state index < -0.39 is 11.8 Å². The Morgan fingerprint density at radius 3 is 2.19 bits per heavy atom. The van der Waals surface area contributed by atoms with Crippen molar-refractivity contribution in [2.75, 3.05) is 0 Å². The summed E-state index contributed by atoms with van der Waals surface area (Å²) in [7, 11) is 0. The van der Waals surface area contributed by atoms with Gasteiger partial charge >= 0.3 is 0 Å². The lowest BCUT2D eigenvalue weighted by Crippen LogP contribution is -2.43. The fourth-order valence-corrected chi connectivity index (χ4v) is 3.56. The quantitative estimate of drug-likeness (QED) is 0.478. The van der Waals surface area contributed by atoms with Crippen molar-refractivity contribution >= 4 is 22.6 Å². The molecule has 0 aliphatic rings. The van der Waals surface area contributed by atoms with Gasteiger partial charge in [-0.3, -0.25) is 25.2 Å². The number of aryl methyl sites for hydroxylation is 1. The lowest BCUT2D eigenvalue weighted by Gasteiger charge is -2.13. The van der Waals surface area contributed by atoms with Crippen molar-refractivity contribution in [2.45, 2.75) is 19.9 Å². The third-order valence-corrected chi connectivity index (χ3v) is 5.06. The van der Waals surface area contributed by atoms with Crippen LogP contribution in [0.4, 0.5) is 0 Å². The summed E-state index contributed by atoms with van der Waals surface area (Å²) in [5.41, 5.74) is 6.80. The van der Waals surface area contributed by atoms with Gasteiger partial charge in [-0.15, -0.1) is 0 Å². The molecule has 0 aliphatic heterocycles. The average molecular weight is 426 g/mol. The van der Waals surface area contributed by atoms with Crippen molar-refractivity contribution in [1.82, 2.24) is 20.6 Å².